The second kappa shape index (κ2) is 4.93. The Kier molecular flexibility index (Phi) is 3.35. The monoisotopic (exact) mass is 229 g/mol. The molecule has 0 bridgehead atoms. The van der Waals surface area contributed by atoms with Crippen LogP contribution in [0.3, 0.4) is 0 Å². The number of nitrogens with two attached hydrogens (primary N) is 1. The van der Waals surface area contributed by atoms with Crippen LogP contribution in [0.2, 0.25) is 0 Å². The van der Waals surface area contributed by atoms with Crippen molar-refractivity contribution in [2.45, 2.75) is 20.4 Å². The number of ether oxygens (including phenoxy) is 1. The van der Waals surface area contributed by atoms with Gasteiger partial charge in [0.2, 0.25) is 5.88 Å². The van der Waals surface area contributed by atoms with Gasteiger partial charge in [0.25, 0.3) is 0 Å². The van der Waals surface area contributed by atoms with Gasteiger partial charge in [0, 0.05) is 18.9 Å². The fourth-order valence-corrected chi connectivity index (χ4v) is 1.52. The lowest BCUT2D eigenvalue weighted by Gasteiger charge is -2.11. The van der Waals surface area contributed by atoms with Gasteiger partial charge in [-0.1, -0.05) is 12.1 Å². The summed E-state index contributed by atoms with van der Waals surface area (Å²) in [5.41, 5.74) is 8.53. The van der Waals surface area contributed by atoms with E-state index in [0.717, 1.165) is 11.3 Å². The van der Waals surface area contributed by atoms with Gasteiger partial charge in [-0.3, -0.25) is 4.98 Å². The average molecular weight is 229 g/mol. The highest BCUT2D eigenvalue weighted by Crippen LogP contribution is 2.26. The molecule has 0 amide bonds. The summed E-state index contributed by atoms with van der Waals surface area (Å²) in [6.45, 7) is 4.37. The third kappa shape index (κ3) is 2.42. The highest BCUT2D eigenvalue weighted by atomic mass is 16.5. The van der Waals surface area contributed by atoms with Crippen LogP contribution >= 0.6 is 0 Å². The molecule has 1 aromatic heterocycles. The molecule has 1 aromatic carbocycles. The average Bonchev–Trinajstić information content (AvgIpc) is 2.35. The first-order chi connectivity index (χ1) is 8.22. The number of hydrogen-bond donors (Lipinski definition) is 1. The van der Waals surface area contributed by atoms with E-state index in [1.54, 1.807) is 12.4 Å². The molecule has 0 saturated carbocycles. The predicted octanol–water partition coefficient (Wildman–Crippen LogP) is 2.34. The van der Waals surface area contributed by atoms with E-state index in [1.165, 1.54) is 5.56 Å². The van der Waals surface area contributed by atoms with E-state index in [-0.39, 0.29) is 0 Å². The molecule has 0 aliphatic rings. The van der Waals surface area contributed by atoms with Crippen molar-refractivity contribution < 1.29 is 4.74 Å². The summed E-state index contributed by atoms with van der Waals surface area (Å²) >= 11 is 0. The summed E-state index contributed by atoms with van der Waals surface area (Å²) in [6, 6.07) is 5.91. The molecule has 4 heteroatoms. The maximum absolute atomic E-state index is 5.76. The van der Waals surface area contributed by atoms with E-state index in [2.05, 4.69) is 9.97 Å². The van der Waals surface area contributed by atoms with Crippen LogP contribution in [-0.2, 0) is 6.54 Å². The Morgan fingerprint density at radius 1 is 1.18 bits per heavy atom. The molecule has 2 aromatic rings. The van der Waals surface area contributed by atoms with Gasteiger partial charge >= 0.3 is 0 Å². The first-order valence-electron chi connectivity index (χ1n) is 5.46. The van der Waals surface area contributed by atoms with E-state index < -0.39 is 0 Å². The zero-order valence-corrected chi connectivity index (χ0v) is 9.97. The minimum absolute atomic E-state index is 0.314. The maximum atomic E-state index is 5.76. The molecule has 1 heterocycles. The van der Waals surface area contributed by atoms with Crippen LogP contribution in [0.4, 0.5) is 0 Å². The maximum Gasteiger partial charge on any atom is 0.242 e. The van der Waals surface area contributed by atoms with Crippen molar-refractivity contribution in [1.29, 1.82) is 0 Å². The van der Waals surface area contributed by atoms with E-state index in [0.29, 0.717) is 18.1 Å². The molecule has 0 unspecified atom stereocenters. The lowest BCUT2D eigenvalue weighted by Crippen LogP contribution is -2.04. The highest BCUT2D eigenvalue weighted by molar-refractivity contribution is 5.40. The van der Waals surface area contributed by atoms with Gasteiger partial charge in [-0.2, -0.15) is 0 Å². The van der Waals surface area contributed by atoms with Crippen molar-refractivity contribution in [3.8, 4) is 11.6 Å². The zero-order valence-electron chi connectivity index (χ0n) is 9.97. The van der Waals surface area contributed by atoms with Gasteiger partial charge in [-0.05, 0) is 31.0 Å². The lowest BCUT2D eigenvalue weighted by molar-refractivity contribution is 0.448. The summed E-state index contributed by atoms with van der Waals surface area (Å²) in [7, 11) is 0. The van der Waals surface area contributed by atoms with Crippen molar-refractivity contribution in [3.05, 3.63) is 47.4 Å². The second-order valence-corrected chi connectivity index (χ2v) is 3.81. The SMILES string of the molecule is Cc1cccc(Oc2nccnc2CN)c1C. The minimum Gasteiger partial charge on any atom is -0.437 e. The molecule has 0 saturated heterocycles. The third-order valence-electron chi connectivity index (χ3n) is 2.69. The van der Waals surface area contributed by atoms with Gasteiger partial charge in [-0.15, -0.1) is 0 Å². The highest BCUT2D eigenvalue weighted by Gasteiger charge is 2.08. The van der Waals surface area contributed by atoms with Gasteiger partial charge in [-0.25, -0.2) is 4.98 Å². The third-order valence-corrected chi connectivity index (χ3v) is 2.69. The summed E-state index contributed by atoms with van der Waals surface area (Å²) in [5.74, 6) is 1.27. The van der Waals surface area contributed by atoms with Crippen LogP contribution in [0.15, 0.2) is 30.6 Å². The Bertz CT molecular complexity index is 526. The molecule has 0 atom stereocenters. The molecule has 2 N–H and O–H groups in total. The molecule has 0 radical (unpaired) electrons. The Labute approximate surface area is 100 Å². The molecular weight excluding hydrogens is 214 g/mol. The lowest BCUT2D eigenvalue weighted by atomic mass is 10.1. The number of aromatic nitrogens is 2. The molecule has 0 fully saturated rings. The molecule has 0 aliphatic heterocycles. The molecular formula is C13H15N3O. The molecule has 2 rings (SSSR count). The van der Waals surface area contributed by atoms with E-state index in [4.69, 9.17) is 10.5 Å². The van der Waals surface area contributed by atoms with Gasteiger partial charge < -0.3 is 10.5 Å². The molecule has 4 nitrogen and oxygen atoms in total. The van der Waals surface area contributed by atoms with Crippen LogP contribution < -0.4 is 10.5 Å². The Hall–Kier alpha value is -1.94. The summed E-state index contributed by atoms with van der Waals surface area (Å²) in [6.07, 6.45) is 3.21. The van der Waals surface area contributed by atoms with Gasteiger partial charge in [0.05, 0.1) is 0 Å². The molecule has 88 valence electrons. The largest absolute Gasteiger partial charge is 0.437 e. The number of rotatable bonds is 3. The van der Waals surface area contributed by atoms with Crippen molar-refractivity contribution in [1.82, 2.24) is 9.97 Å². The van der Waals surface area contributed by atoms with Crippen LogP contribution in [0.5, 0.6) is 11.6 Å². The summed E-state index contributed by atoms with van der Waals surface area (Å²) in [4.78, 5) is 8.28. The number of benzene rings is 1. The quantitative estimate of drug-likeness (QED) is 0.877. The molecule has 0 aliphatic carbocycles. The van der Waals surface area contributed by atoms with Crippen LogP contribution in [0.1, 0.15) is 16.8 Å². The second-order valence-electron chi connectivity index (χ2n) is 3.81. The Balaban J connectivity index is 2.35. The first kappa shape index (κ1) is 11.5. The first-order valence-corrected chi connectivity index (χ1v) is 5.46. The van der Waals surface area contributed by atoms with Crippen LogP contribution in [0, 0.1) is 13.8 Å². The fourth-order valence-electron chi connectivity index (χ4n) is 1.52. The number of aryl methyl sites for hydroxylation is 1. The van der Waals surface area contributed by atoms with E-state index in [1.807, 2.05) is 32.0 Å². The summed E-state index contributed by atoms with van der Waals surface area (Å²) in [5, 5.41) is 0. The summed E-state index contributed by atoms with van der Waals surface area (Å²) < 4.78 is 5.76. The Morgan fingerprint density at radius 2 is 1.94 bits per heavy atom. The van der Waals surface area contributed by atoms with Crippen molar-refractivity contribution in [2.75, 3.05) is 0 Å². The molecule has 0 spiro atoms. The fraction of sp³-hybridized carbons (Fsp3) is 0.231. The normalized spacial score (nSPS) is 10.3. The zero-order chi connectivity index (χ0) is 12.3. The van der Waals surface area contributed by atoms with Crippen molar-refractivity contribution >= 4 is 0 Å². The Morgan fingerprint density at radius 3 is 2.71 bits per heavy atom. The topological polar surface area (TPSA) is 61.0 Å². The standard InChI is InChI=1S/C13H15N3O/c1-9-4-3-5-12(10(9)2)17-13-11(8-14)15-6-7-16-13/h3-7H,8,14H2,1-2H3. The smallest absolute Gasteiger partial charge is 0.242 e. The van der Waals surface area contributed by atoms with Gasteiger partial charge in [0.1, 0.15) is 11.4 Å². The minimum atomic E-state index is 0.314. The van der Waals surface area contributed by atoms with Crippen molar-refractivity contribution in [2.24, 2.45) is 5.73 Å². The molecule has 17 heavy (non-hydrogen) atoms. The number of hydrogen-bond acceptors (Lipinski definition) is 4. The predicted molar refractivity (Wildman–Crippen MR) is 65.9 cm³/mol. The van der Waals surface area contributed by atoms with Crippen LogP contribution in [0.25, 0.3) is 0 Å². The van der Waals surface area contributed by atoms with E-state index in [9.17, 15) is 0 Å². The van der Waals surface area contributed by atoms with Crippen LogP contribution in [-0.4, -0.2) is 9.97 Å². The van der Waals surface area contributed by atoms with E-state index >= 15 is 0 Å². The van der Waals surface area contributed by atoms with Gasteiger partial charge in [0.15, 0.2) is 0 Å². The van der Waals surface area contributed by atoms with Crippen molar-refractivity contribution in [3.63, 3.8) is 0 Å². The number of nitrogens with zero attached hydrogens (tertiary/aromatic N) is 2.